The lowest BCUT2D eigenvalue weighted by Gasteiger charge is -2.41. The summed E-state index contributed by atoms with van der Waals surface area (Å²) in [6, 6.07) is 19.0. The quantitative estimate of drug-likeness (QED) is 0.274. The van der Waals surface area contributed by atoms with Gasteiger partial charge in [0.1, 0.15) is 29.9 Å². The van der Waals surface area contributed by atoms with E-state index >= 15 is 0 Å². The molecule has 5 rings (SSSR count). The number of hydrogen-bond donors (Lipinski definition) is 5. The number of aliphatic hydroxyl groups is 4. The third-order valence-electron chi connectivity index (χ3n) is 6.49. The highest BCUT2D eigenvalue weighted by atomic mass is 16.5. The molecule has 4 aromatic rings. The zero-order valence-electron chi connectivity index (χ0n) is 19.4. The van der Waals surface area contributed by atoms with Gasteiger partial charge in [-0.05, 0) is 41.1 Å². The molecule has 7 N–H and O–H groups in total. The lowest BCUT2D eigenvalue weighted by Crippen LogP contribution is -2.61. The van der Waals surface area contributed by atoms with Crippen LogP contribution < -0.4 is 5.32 Å². The van der Waals surface area contributed by atoms with Crippen molar-refractivity contribution >= 4 is 33.5 Å². The normalized spacial score (nSPS) is 24.9. The molecule has 6 atom stereocenters. The number of nitrogens with one attached hydrogen (secondary N) is 1. The number of nitrogens with zero attached hydrogens (tertiary/aromatic N) is 1. The van der Waals surface area contributed by atoms with Gasteiger partial charge in [0.15, 0.2) is 5.58 Å². The fourth-order valence-electron chi connectivity index (χ4n) is 4.40. The second-order valence-electron chi connectivity index (χ2n) is 8.83. The first-order chi connectivity index (χ1) is 16.9. The number of benzene rings is 3. The Morgan fingerprint density at radius 1 is 1.00 bits per heavy atom. The van der Waals surface area contributed by atoms with Crippen LogP contribution >= 0.6 is 0 Å². The highest BCUT2D eigenvalue weighted by Crippen LogP contribution is 2.30. The number of carbonyl (C=O) groups is 1. The summed E-state index contributed by atoms with van der Waals surface area (Å²) in [5, 5.41) is 44.6. The van der Waals surface area contributed by atoms with Gasteiger partial charge in [0.05, 0.1) is 18.6 Å². The third-order valence-corrected chi connectivity index (χ3v) is 6.49. The number of carbonyl (C=O) groups excluding carboxylic acids is 1. The van der Waals surface area contributed by atoms with Crippen LogP contribution in [0.1, 0.15) is 6.92 Å². The number of fused-ring (bicyclic) bond motifs is 2. The van der Waals surface area contributed by atoms with E-state index in [-0.39, 0.29) is 5.48 Å². The van der Waals surface area contributed by atoms with E-state index in [0.717, 1.165) is 16.3 Å². The van der Waals surface area contributed by atoms with Crippen molar-refractivity contribution in [2.24, 2.45) is 5.92 Å². The molecule has 2 heterocycles. The topological polar surface area (TPSA) is 177 Å². The molecule has 190 valence electrons. The highest BCUT2D eigenvalue weighted by Gasteiger charge is 2.46. The van der Waals surface area contributed by atoms with Gasteiger partial charge in [-0.1, -0.05) is 37.3 Å². The number of ether oxygens (including phenoxy) is 1. The van der Waals surface area contributed by atoms with E-state index in [4.69, 9.17) is 9.15 Å². The maximum atomic E-state index is 12.9. The molecular weight excluding hydrogens is 468 g/mol. The minimum Gasteiger partial charge on any atom is -0.436 e. The second-order valence-corrected chi connectivity index (χ2v) is 8.83. The number of aliphatic hydroxyl groups excluding tert-OH is 4. The molecule has 0 radical (unpaired) electrons. The Hall–Kier alpha value is -3.38. The molecule has 10 nitrogen and oxygen atoms in total. The molecule has 1 aliphatic rings. The summed E-state index contributed by atoms with van der Waals surface area (Å²) in [6.45, 7) is 0.979. The van der Waals surface area contributed by atoms with Gasteiger partial charge in [-0.15, -0.1) is 0 Å². The van der Waals surface area contributed by atoms with Gasteiger partial charge in [0, 0.05) is 11.3 Å². The van der Waals surface area contributed by atoms with E-state index in [0.29, 0.717) is 22.7 Å². The summed E-state index contributed by atoms with van der Waals surface area (Å²) in [5.41, 5.74) is 2.43. The van der Waals surface area contributed by atoms with E-state index in [1.807, 2.05) is 42.5 Å². The fourth-order valence-corrected chi connectivity index (χ4v) is 4.40. The first kappa shape index (κ1) is 25.7. The van der Waals surface area contributed by atoms with Crippen LogP contribution in [0, 0.1) is 5.92 Å². The Morgan fingerprint density at radius 3 is 2.50 bits per heavy atom. The molecule has 0 aliphatic carbocycles. The molecule has 3 aromatic carbocycles. The van der Waals surface area contributed by atoms with E-state index in [1.165, 1.54) is 6.92 Å². The predicted octanol–water partition coefficient (Wildman–Crippen LogP) is 1.24. The molecule has 0 saturated carbocycles. The lowest BCUT2D eigenvalue weighted by atomic mass is 9.88. The number of oxazole rings is 1. The minimum absolute atomic E-state index is 0. The average Bonchev–Trinajstić information content (AvgIpc) is 3.30. The summed E-state index contributed by atoms with van der Waals surface area (Å²) >= 11 is 0. The maximum Gasteiger partial charge on any atom is 0.229 e. The van der Waals surface area contributed by atoms with Gasteiger partial charge in [-0.3, -0.25) is 4.79 Å². The first-order valence-electron chi connectivity index (χ1n) is 11.4. The van der Waals surface area contributed by atoms with Crippen molar-refractivity contribution in [2.45, 2.75) is 37.4 Å². The summed E-state index contributed by atoms with van der Waals surface area (Å²) in [7, 11) is 0. The van der Waals surface area contributed by atoms with Crippen LogP contribution in [-0.4, -0.2) is 73.9 Å². The zero-order chi connectivity index (χ0) is 24.7. The largest absolute Gasteiger partial charge is 0.436 e. The summed E-state index contributed by atoms with van der Waals surface area (Å²) in [5.74, 6) is -0.891. The molecule has 10 heteroatoms. The van der Waals surface area contributed by atoms with Gasteiger partial charge >= 0.3 is 0 Å². The smallest absolute Gasteiger partial charge is 0.229 e. The molecule has 1 aromatic heterocycles. The number of aromatic nitrogens is 1. The average molecular weight is 497 g/mol. The van der Waals surface area contributed by atoms with Crippen LogP contribution in [-0.2, 0) is 9.53 Å². The number of anilines is 1. The van der Waals surface area contributed by atoms with Crippen molar-refractivity contribution in [2.75, 3.05) is 11.9 Å². The minimum atomic E-state index is -1.54. The standard InChI is InChI=1S/C26H26N2O7.H2O/c1-13(24-23(32)22(31)21(30)20(12-29)34-24)25(33)27-17-8-9-19-18(11-17)28-26(35-19)16-7-6-14-4-2-3-5-15(14)10-16;/h2-11,13,20-24,29-32H,12H2,1H3,(H,27,33);1H2/t13?,20-,21+,22+,23-,24+;/m1./s1. The van der Waals surface area contributed by atoms with Gasteiger partial charge < -0.3 is 40.4 Å². The Balaban J connectivity index is 0.00000304. The Bertz CT molecular complexity index is 1370. The van der Waals surface area contributed by atoms with E-state index in [2.05, 4.69) is 10.3 Å². The number of amides is 1. The number of hydrogen-bond acceptors (Lipinski definition) is 8. The van der Waals surface area contributed by atoms with Crippen LogP contribution in [0.15, 0.2) is 65.1 Å². The van der Waals surface area contributed by atoms with Crippen molar-refractivity contribution in [3.63, 3.8) is 0 Å². The molecular formula is C26H28N2O8. The van der Waals surface area contributed by atoms with Crippen molar-refractivity contribution in [1.82, 2.24) is 4.98 Å². The molecule has 0 spiro atoms. The maximum absolute atomic E-state index is 12.9. The Labute approximate surface area is 206 Å². The van der Waals surface area contributed by atoms with Crippen molar-refractivity contribution < 1.29 is 39.9 Å². The molecule has 1 amide bonds. The fraction of sp³-hybridized carbons (Fsp3) is 0.308. The van der Waals surface area contributed by atoms with Gasteiger partial charge in [-0.25, -0.2) is 4.98 Å². The van der Waals surface area contributed by atoms with Crippen molar-refractivity contribution in [3.8, 4) is 11.5 Å². The molecule has 1 fully saturated rings. The van der Waals surface area contributed by atoms with Crippen LogP contribution in [0.3, 0.4) is 0 Å². The SMILES string of the molecule is CC(C(=O)Nc1ccc2oc(-c3ccc4ccccc4c3)nc2c1)[C@@H]1O[C@H](CO)[C@H](O)[C@H](O)[C@H]1O.O. The van der Waals surface area contributed by atoms with Gasteiger partial charge in [-0.2, -0.15) is 0 Å². The van der Waals surface area contributed by atoms with E-state index < -0.39 is 49.0 Å². The highest BCUT2D eigenvalue weighted by molar-refractivity contribution is 5.95. The van der Waals surface area contributed by atoms with E-state index in [1.54, 1.807) is 18.2 Å². The van der Waals surface area contributed by atoms with E-state index in [9.17, 15) is 25.2 Å². The monoisotopic (exact) mass is 496 g/mol. The molecule has 1 unspecified atom stereocenters. The second kappa shape index (κ2) is 10.3. The van der Waals surface area contributed by atoms with Crippen LogP contribution in [0.2, 0.25) is 0 Å². The first-order valence-corrected chi connectivity index (χ1v) is 11.4. The summed E-state index contributed by atoms with van der Waals surface area (Å²) in [6.07, 6.45) is -6.69. The number of rotatable bonds is 5. The van der Waals surface area contributed by atoms with Crippen LogP contribution in [0.5, 0.6) is 0 Å². The zero-order valence-corrected chi connectivity index (χ0v) is 19.4. The molecule has 0 bridgehead atoms. The molecule has 1 saturated heterocycles. The van der Waals surface area contributed by atoms with Crippen LogP contribution in [0.25, 0.3) is 33.3 Å². The van der Waals surface area contributed by atoms with Crippen molar-refractivity contribution in [3.05, 3.63) is 60.7 Å². The predicted molar refractivity (Wildman–Crippen MR) is 132 cm³/mol. The summed E-state index contributed by atoms with van der Waals surface area (Å²) < 4.78 is 11.4. The Morgan fingerprint density at radius 2 is 1.75 bits per heavy atom. The third kappa shape index (κ3) is 4.70. The van der Waals surface area contributed by atoms with Crippen molar-refractivity contribution in [1.29, 1.82) is 0 Å². The summed E-state index contributed by atoms with van der Waals surface area (Å²) in [4.78, 5) is 17.4. The Kier molecular flexibility index (Phi) is 7.36. The lowest BCUT2D eigenvalue weighted by molar-refractivity contribution is -0.238. The van der Waals surface area contributed by atoms with Gasteiger partial charge in [0.2, 0.25) is 11.8 Å². The molecule has 36 heavy (non-hydrogen) atoms. The van der Waals surface area contributed by atoms with Gasteiger partial charge in [0.25, 0.3) is 0 Å². The van der Waals surface area contributed by atoms with Crippen LogP contribution in [0.4, 0.5) is 5.69 Å². The molecule has 1 aliphatic heterocycles.